The molecule has 1 aliphatic heterocycles. The number of esters is 1. The Kier molecular flexibility index (Phi) is 10.7. The van der Waals surface area contributed by atoms with E-state index >= 15 is 0 Å². The first-order chi connectivity index (χ1) is 23.1. The Labute approximate surface area is 278 Å². The van der Waals surface area contributed by atoms with Crippen molar-refractivity contribution in [2.45, 2.75) is 62.9 Å². The number of nitrogens with one attached hydrogen (secondary N) is 3. The van der Waals surface area contributed by atoms with E-state index in [1.54, 1.807) is 30.3 Å². The second kappa shape index (κ2) is 15.1. The lowest BCUT2D eigenvalue weighted by molar-refractivity contribution is -0.152. The molecule has 0 saturated carbocycles. The third-order valence-electron chi connectivity index (χ3n) is 8.73. The zero-order valence-electron chi connectivity index (χ0n) is 27.0. The largest absolute Gasteiger partial charge is 0.467 e. The number of alkyl halides is 1. The zero-order chi connectivity index (χ0) is 34.4. The van der Waals surface area contributed by atoms with Gasteiger partial charge in [-0.25, -0.2) is 14.0 Å². The smallest absolute Gasteiger partial charge is 0.407 e. The molecule has 3 aromatic carbocycles. The molecule has 252 valence electrons. The molecule has 11 nitrogen and oxygen atoms in total. The van der Waals surface area contributed by atoms with Gasteiger partial charge in [-0.15, -0.1) is 0 Å². The van der Waals surface area contributed by atoms with Gasteiger partial charge in [-0.05, 0) is 41.7 Å². The molecule has 0 aromatic heterocycles. The molecule has 0 unspecified atom stereocenters. The van der Waals surface area contributed by atoms with Crippen molar-refractivity contribution in [1.82, 2.24) is 20.9 Å². The zero-order valence-corrected chi connectivity index (χ0v) is 27.0. The monoisotopic (exact) mass is 658 g/mol. The molecule has 1 saturated heterocycles. The number of hydrogen-bond acceptors (Lipinski definition) is 7. The summed E-state index contributed by atoms with van der Waals surface area (Å²) in [6.07, 6.45) is -2.35. The van der Waals surface area contributed by atoms with Crippen LogP contribution in [0.2, 0.25) is 0 Å². The fourth-order valence-corrected chi connectivity index (χ4v) is 6.22. The summed E-state index contributed by atoms with van der Waals surface area (Å²) in [5.41, 5.74) is 5.00. The molecule has 1 aliphatic carbocycles. The number of carbonyl (C=O) groups excluding carboxylic acids is 5. The van der Waals surface area contributed by atoms with Crippen LogP contribution in [-0.2, 0) is 35.1 Å². The highest BCUT2D eigenvalue weighted by atomic mass is 19.1. The van der Waals surface area contributed by atoms with Gasteiger partial charge in [0.15, 0.2) is 0 Å². The highest BCUT2D eigenvalue weighted by Crippen LogP contribution is 2.44. The molecule has 5 rings (SSSR count). The number of benzene rings is 3. The Balaban J connectivity index is 1.17. The second-order valence-corrected chi connectivity index (χ2v) is 12.0. The SMILES string of the molecule is COC(=O)[C@@H]1C[C@H](F)CN1C(=O)[C@H](Cc1ccccc1)NC(=O)[C@H](C)NC(=O)[C@H](C)NC(=O)OCC1c2ccccc2-c2ccccc21. The lowest BCUT2D eigenvalue weighted by Crippen LogP contribution is -2.57. The van der Waals surface area contributed by atoms with Gasteiger partial charge >= 0.3 is 12.1 Å². The lowest BCUT2D eigenvalue weighted by Gasteiger charge is -2.29. The predicted molar refractivity (Wildman–Crippen MR) is 174 cm³/mol. The molecule has 1 fully saturated rings. The Bertz CT molecular complexity index is 1620. The first-order valence-corrected chi connectivity index (χ1v) is 15.9. The molecule has 2 aliphatic rings. The van der Waals surface area contributed by atoms with Gasteiger partial charge < -0.3 is 30.3 Å². The van der Waals surface area contributed by atoms with Gasteiger partial charge in [0.25, 0.3) is 0 Å². The fraction of sp³-hybridized carbons (Fsp3) is 0.361. The van der Waals surface area contributed by atoms with Crippen LogP contribution in [0.25, 0.3) is 11.1 Å². The summed E-state index contributed by atoms with van der Waals surface area (Å²) in [5.74, 6) is -2.88. The first-order valence-electron chi connectivity index (χ1n) is 15.9. The molecule has 48 heavy (non-hydrogen) atoms. The highest BCUT2D eigenvalue weighted by molar-refractivity contribution is 5.95. The molecule has 0 bridgehead atoms. The fourth-order valence-electron chi connectivity index (χ4n) is 6.22. The average molecular weight is 659 g/mol. The van der Waals surface area contributed by atoms with Crippen molar-refractivity contribution in [1.29, 1.82) is 0 Å². The van der Waals surface area contributed by atoms with E-state index in [9.17, 15) is 28.4 Å². The van der Waals surface area contributed by atoms with Crippen LogP contribution in [0.5, 0.6) is 0 Å². The van der Waals surface area contributed by atoms with Crippen LogP contribution in [0.4, 0.5) is 9.18 Å². The van der Waals surface area contributed by atoms with Crippen LogP contribution in [0, 0.1) is 0 Å². The number of carbonyl (C=O) groups is 5. The molecule has 4 amide bonds. The molecular formula is C36H39FN4O7. The summed E-state index contributed by atoms with van der Waals surface area (Å²) in [6, 6.07) is 20.3. The summed E-state index contributed by atoms with van der Waals surface area (Å²) >= 11 is 0. The van der Waals surface area contributed by atoms with Crippen molar-refractivity contribution in [3.63, 3.8) is 0 Å². The van der Waals surface area contributed by atoms with Gasteiger partial charge in [-0.1, -0.05) is 78.9 Å². The average Bonchev–Trinajstić information content (AvgIpc) is 3.64. The molecule has 0 spiro atoms. The Hall–Kier alpha value is -5.26. The maximum Gasteiger partial charge on any atom is 0.407 e. The van der Waals surface area contributed by atoms with Crippen LogP contribution in [0.3, 0.4) is 0 Å². The Morgan fingerprint density at radius 1 is 0.812 bits per heavy atom. The number of amides is 4. The van der Waals surface area contributed by atoms with Crippen molar-refractivity contribution >= 4 is 29.8 Å². The van der Waals surface area contributed by atoms with E-state index in [2.05, 4.69) is 16.0 Å². The van der Waals surface area contributed by atoms with Crippen molar-refractivity contribution in [2.24, 2.45) is 0 Å². The quantitative estimate of drug-likeness (QED) is 0.269. The molecule has 0 radical (unpaired) electrons. The van der Waals surface area contributed by atoms with Gasteiger partial charge in [-0.3, -0.25) is 14.4 Å². The van der Waals surface area contributed by atoms with Crippen LogP contribution in [-0.4, -0.2) is 85.3 Å². The first kappa shape index (κ1) is 34.1. The normalized spacial score (nSPS) is 18.5. The molecule has 12 heteroatoms. The molecule has 5 atom stereocenters. The van der Waals surface area contributed by atoms with Crippen LogP contribution < -0.4 is 16.0 Å². The minimum Gasteiger partial charge on any atom is -0.467 e. The van der Waals surface area contributed by atoms with Gasteiger partial charge in [0.1, 0.15) is 36.9 Å². The third-order valence-corrected chi connectivity index (χ3v) is 8.73. The number of fused-ring (bicyclic) bond motifs is 3. The minimum atomic E-state index is -1.42. The van der Waals surface area contributed by atoms with Gasteiger partial charge in [0.2, 0.25) is 17.7 Å². The standard InChI is InChI=1S/C36H39FN4O7/c1-21(33(43)40-30(17-23-11-5-4-6-12-23)34(44)41-19-24(37)18-31(41)35(45)47-3)38-32(42)22(2)39-36(46)48-20-29-27-15-9-7-13-25(27)26-14-8-10-16-28(26)29/h4-16,21-22,24,29-31H,17-20H2,1-3H3,(H,38,42)(H,39,46)(H,40,43)/t21-,22-,24-,30-,31-/m0/s1. The number of methoxy groups -OCH3 is 1. The lowest BCUT2D eigenvalue weighted by atomic mass is 9.98. The third kappa shape index (κ3) is 7.64. The van der Waals surface area contributed by atoms with Gasteiger partial charge in [0, 0.05) is 18.8 Å². The number of halogens is 1. The predicted octanol–water partition coefficient (Wildman–Crippen LogP) is 3.26. The van der Waals surface area contributed by atoms with E-state index in [0.29, 0.717) is 0 Å². The molecule has 3 N–H and O–H groups in total. The van der Waals surface area contributed by atoms with E-state index in [4.69, 9.17) is 9.47 Å². The molecule has 1 heterocycles. The topological polar surface area (TPSA) is 143 Å². The maximum atomic E-state index is 14.3. The van der Waals surface area contributed by atoms with Crippen molar-refractivity contribution in [3.8, 4) is 11.1 Å². The van der Waals surface area contributed by atoms with Gasteiger partial charge in [-0.2, -0.15) is 0 Å². The number of alkyl carbamates (subject to hydrolysis) is 1. The van der Waals surface area contributed by atoms with E-state index in [1.165, 1.54) is 13.8 Å². The number of hydrogen-bond donors (Lipinski definition) is 3. The highest BCUT2D eigenvalue weighted by Gasteiger charge is 2.43. The Morgan fingerprint density at radius 2 is 1.38 bits per heavy atom. The summed E-state index contributed by atoms with van der Waals surface area (Å²) in [4.78, 5) is 65.9. The van der Waals surface area contributed by atoms with E-state index in [-0.39, 0.29) is 31.9 Å². The Morgan fingerprint density at radius 3 is 2.00 bits per heavy atom. The van der Waals surface area contributed by atoms with E-state index < -0.39 is 60.1 Å². The molecular weight excluding hydrogens is 619 g/mol. The van der Waals surface area contributed by atoms with Crippen molar-refractivity contribution in [3.05, 3.63) is 95.6 Å². The minimum absolute atomic E-state index is 0.0627. The molecule has 3 aromatic rings. The van der Waals surface area contributed by atoms with Crippen LogP contribution >= 0.6 is 0 Å². The van der Waals surface area contributed by atoms with Crippen LogP contribution in [0.15, 0.2) is 78.9 Å². The van der Waals surface area contributed by atoms with Crippen molar-refractivity contribution < 1.29 is 37.8 Å². The summed E-state index contributed by atoms with van der Waals surface area (Å²) < 4.78 is 24.6. The maximum absolute atomic E-state index is 14.3. The van der Waals surface area contributed by atoms with Gasteiger partial charge in [0.05, 0.1) is 13.7 Å². The number of likely N-dealkylation sites (tertiary alicyclic amines) is 1. The van der Waals surface area contributed by atoms with E-state index in [0.717, 1.165) is 39.8 Å². The van der Waals surface area contributed by atoms with Crippen LogP contribution in [0.1, 0.15) is 42.9 Å². The summed E-state index contributed by atoms with van der Waals surface area (Å²) in [7, 11) is 1.16. The summed E-state index contributed by atoms with van der Waals surface area (Å²) in [6.45, 7) is 2.64. The summed E-state index contributed by atoms with van der Waals surface area (Å²) in [5, 5.41) is 7.71. The number of ether oxygens (including phenoxy) is 2. The van der Waals surface area contributed by atoms with Crippen molar-refractivity contribution in [2.75, 3.05) is 20.3 Å². The number of rotatable bonds is 11. The van der Waals surface area contributed by atoms with E-state index in [1.807, 2.05) is 48.5 Å². The second-order valence-electron chi connectivity index (χ2n) is 12.0. The number of nitrogens with zero attached hydrogens (tertiary/aromatic N) is 1.